The van der Waals surface area contributed by atoms with Crippen molar-refractivity contribution in [3.05, 3.63) is 29.8 Å². The molecule has 0 spiro atoms. The van der Waals surface area contributed by atoms with Crippen molar-refractivity contribution in [2.45, 2.75) is 18.2 Å². The summed E-state index contributed by atoms with van der Waals surface area (Å²) in [6.07, 6.45) is 0. The summed E-state index contributed by atoms with van der Waals surface area (Å²) in [5, 5.41) is 5.29. The summed E-state index contributed by atoms with van der Waals surface area (Å²) in [6.45, 7) is 3.60. The lowest BCUT2D eigenvalue weighted by molar-refractivity contribution is -0.117. The van der Waals surface area contributed by atoms with Gasteiger partial charge in [-0.3, -0.25) is 4.79 Å². The molecule has 5 heteroatoms. The molecule has 1 aromatic carbocycles. The van der Waals surface area contributed by atoms with Gasteiger partial charge in [0.05, 0.1) is 11.4 Å². The van der Waals surface area contributed by atoms with Gasteiger partial charge in [0.25, 0.3) is 5.91 Å². The number of anilines is 1. The molecule has 0 saturated carbocycles. The van der Waals surface area contributed by atoms with Crippen LogP contribution in [-0.4, -0.2) is 16.0 Å². The fourth-order valence-electron chi connectivity index (χ4n) is 1.41. The predicted molar refractivity (Wildman–Crippen MR) is 66.2 cm³/mol. The second kappa shape index (κ2) is 3.75. The van der Waals surface area contributed by atoms with Gasteiger partial charge in [-0.2, -0.15) is 10.1 Å². The molecule has 0 N–H and O–H groups in total. The molecule has 1 aliphatic rings. The van der Waals surface area contributed by atoms with E-state index in [-0.39, 0.29) is 0 Å². The Balaban J connectivity index is 2.38. The summed E-state index contributed by atoms with van der Waals surface area (Å²) < 4.78 is -1.54. The molecule has 1 aliphatic heterocycles. The van der Waals surface area contributed by atoms with Crippen molar-refractivity contribution in [3.8, 4) is 0 Å². The van der Waals surface area contributed by atoms with Crippen molar-refractivity contribution < 1.29 is 4.79 Å². The molecule has 0 radical (unpaired) electrons. The highest BCUT2D eigenvalue weighted by molar-refractivity contribution is 6.70. The minimum Gasteiger partial charge on any atom is -0.269 e. The monoisotopic (exact) mass is 256 g/mol. The van der Waals surface area contributed by atoms with Gasteiger partial charge in [-0.15, -0.1) is 0 Å². The van der Waals surface area contributed by atoms with Crippen LogP contribution in [-0.2, 0) is 4.79 Å². The largest absolute Gasteiger partial charge is 0.289 e. The zero-order valence-corrected chi connectivity index (χ0v) is 10.4. The quantitative estimate of drug-likeness (QED) is 0.712. The zero-order valence-electron chi connectivity index (χ0n) is 8.87. The number of hydrogen-bond donors (Lipinski definition) is 0. The van der Waals surface area contributed by atoms with E-state index in [1.54, 1.807) is 19.1 Å². The second-order valence-electron chi connectivity index (χ2n) is 3.71. The molecule has 0 unspecified atom stereocenters. The molecule has 0 aromatic heterocycles. The summed E-state index contributed by atoms with van der Waals surface area (Å²) in [5.41, 5.74) is 2.17. The average molecular weight is 257 g/mol. The topological polar surface area (TPSA) is 32.7 Å². The number of benzene rings is 1. The number of hydrazone groups is 1. The Hall–Kier alpha value is -1.06. The van der Waals surface area contributed by atoms with Gasteiger partial charge in [-0.1, -0.05) is 40.9 Å². The number of amides is 1. The Bertz CT molecular complexity index is 465. The first-order chi connectivity index (χ1) is 7.43. The number of carbonyl (C=O) groups excluding carboxylic acids is 1. The van der Waals surface area contributed by atoms with E-state index < -0.39 is 10.2 Å². The number of halogens is 2. The molecule has 0 bridgehead atoms. The van der Waals surface area contributed by atoms with Crippen LogP contribution in [0.2, 0.25) is 0 Å². The highest BCUT2D eigenvalue weighted by Gasteiger charge is 2.46. The van der Waals surface area contributed by atoms with Gasteiger partial charge in [-0.05, 0) is 26.0 Å². The predicted octanol–water partition coefficient (Wildman–Crippen LogP) is 2.89. The van der Waals surface area contributed by atoms with Gasteiger partial charge in [-0.25, -0.2) is 0 Å². The van der Waals surface area contributed by atoms with Gasteiger partial charge in [0.15, 0.2) is 0 Å². The van der Waals surface area contributed by atoms with Crippen LogP contribution >= 0.6 is 23.2 Å². The van der Waals surface area contributed by atoms with Crippen molar-refractivity contribution in [3.63, 3.8) is 0 Å². The number of aryl methyl sites for hydroxylation is 1. The van der Waals surface area contributed by atoms with Crippen LogP contribution in [0.25, 0.3) is 0 Å². The van der Waals surface area contributed by atoms with Crippen LogP contribution < -0.4 is 5.01 Å². The number of carbonyl (C=O) groups is 1. The van der Waals surface area contributed by atoms with E-state index in [0.717, 1.165) is 5.56 Å². The third kappa shape index (κ3) is 1.70. The van der Waals surface area contributed by atoms with E-state index in [4.69, 9.17) is 23.2 Å². The molecule has 2 rings (SSSR count). The Labute approximate surface area is 104 Å². The van der Waals surface area contributed by atoms with Crippen LogP contribution in [0.1, 0.15) is 12.5 Å². The third-order valence-corrected chi connectivity index (χ3v) is 3.31. The molecule has 1 aromatic rings. The van der Waals surface area contributed by atoms with E-state index >= 15 is 0 Å². The fourth-order valence-corrected chi connectivity index (χ4v) is 1.64. The van der Waals surface area contributed by atoms with Crippen LogP contribution in [0.4, 0.5) is 5.69 Å². The molecule has 3 nitrogen and oxygen atoms in total. The molecule has 0 aliphatic carbocycles. The highest BCUT2D eigenvalue weighted by atomic mass is 35.5. The highest BCUT2D eigenvalue weighted by Crippen LogP contribution is 2.34. The Morgan fingerprint density at radius 2 is 1.75 bits per heavy atom. The first-order valence-corrected chi connectivity index (χ1v) is 5.53. The summed E-state index contributed by atoms with van der Waals surface area (Å²) in [7, 11) is 0. The number of rotatable bonds is 1. The average Bonchev–Trinajstić information content (AvgIpc) is 2.44. The fraction of sp³-hybridized carbons (Fsp3) is 0.273. The molecule has 0 fully saturated rings. The minimum atomic E-state index is -1.54. The molecule has 84 valence electrons. The first kappa shape index (κ1) is 11.4. The number of nitrogens with zero attached hydrogens (tertiary/aromatic N) is 2. The van der Waals surface area contributed by atoms with Crippen molar-refractivity contribution in [2.24, 2.45) is 5.10 Å². The summed E-state index contributed by atoms with van der Waals surface area (Å²) in [6, 6.07) is 7.41. The van der Waals surface area contributed by atoms with E-state index in [0.29, 0.717) is 11.4 Å². The van der Waals surface area contributed by atoms with Crippen LogP contribution in [0, 0.1) is 6.92 Å². The molecule has 0 saturated heterocycles. The molecule has 0 atom stereocenters. The van der Waals surface area contributed by atoms with Gasteiger partial charge in [0.2, 0.25) is 4.33 Å². The lowest BCUT2D eigenvalue weighted by Crippen LogP contribution is -2.35. The number of alkyl halides is 2. The standard InChI is InChI=1S/C11H10Cl2N2O/c1-7-3-5-9(6-4-7)15-10(16)11(12,13)8(2)14-15/h3-6H,1-2H3. The maximum absolute atomic E-state index is 11.9. The van der Waals surface area contributed by atoms with Gasteiger partial charge in [0.1, 0.15) is 0 Å². The van der Waals surface area contributed by atoms with Crippen molar-refractivity contribution in [1.82, 2.24) is 0 Å². The van der Waals surface area contributed by atoms with E-state index in [1.807, 2.05) is 19.1 Å². The van der Waals surface area contributed by atoms with Crippen LogP contribution in [0.5, 0.6) is 0 Å². The van der Waals surface area contributed by atoms with Gasteiger partial charge in [0, 0.05) is 0 Å². The first-order valence-electron chi connectivity index (χ1n) is 4.77. The van der Waals surface area contributed by atoms with Crippen molar-refractivity contribution in [2.75, 3.05) is 5.01 Å². The maximum Gasteiger partial charge on any atom is 0.289 e. The molecule has 1 amide bonds. The van der Waals surface area contributed by atoms with Crippen LogP contribution in [0.3, 0.4) is 0 Å². The third-order valence-electron chi connectivity index (χ3n) is 2.44. The maximum atomic E-state index is 11.9. The van der Waals surface area contributed by atoms with Crippen molar-refractivity contribution in [1.29, 1.82) is 0 Å². The van der Waals surface area contributed by atoms with E-state index in [1.165, 1.54) is 5.01 Å². The Kier molecular flexibility index (Phi) is 2.68. The second-order valence-corrected chi connectivity index (χ2v) is 5.04. The Morgan fingerprint density at radius 3 is 2.19 bits per heavy atom. The minimum absolute atomic E-state index is 0.390. The normalized spacial score (nSPS) is 18.9. The zero-order chi connectivity index (χ0) is 11.9. The summed E-state index contributed by atoms with van der Waals surface area (Å²) >= 11 is 11.8. The molecular weight excluding hydrogens is 247 g/mol. The lowest BCUT2D eigenvalue weighted by atomic mass is 10.2. The SMILES string of the molecule is CC1=NN(c2ccc(C)cc2)C(=O)C1(Cl)Cl. The van der Waals surface area contributed by atoms with Gasteiger partial charge >= 0.3 is 0 Å². The van der Waals surface area contributed by atoms with E-state index in [2.05, 4.69) is 5.10 Å². The molecule has 16 heavy (non-hydrogen) atoms. The Morgan fingerprint density at radius 1 is 1.19 bits per heavy atom. The van der Waals surface area contributed by atoms with Crippen LogP contribution in [0.15, 0.2) is 29.4 Å². The molecular formula is C11H10Cl2N2O. The van der Waals surface area contributed by atoms with Crippen molar-refractivity contribution >= 4 is 40.5 Å². The summed E-state index contributed by atoms with van der Waals surface area (Å²) in [5.74, 6) is -0.433. The molecule has 1 heterocycles. The lowest BCUT2D eigenvalue weighted by Gasteiger charge is -2.15. The smallest absolute Gasteiger partial charge is 0.269 e. The van der Waals surface area contributed by atoms with E-state index in [9.17, 15) is 4.79 Å². The number of hydrogen-bond acceptors (Lipinski definition) is 2. The van der Waals surface area contributed by atoms with Gasteiger partial charge < -0.3 is 0 Å². The summed E-state index contributed by atoms with van der Waals surface area (Å²) in [4.78, 5) is 11.9.